The molecule has 3 aromatic rings. The van der Waals surface area contributed by atoms with E-state index in [0.29, 0.717) is 11.1 Å². The highest BCUT2D eigenvalue weighted by atomic mass is 32.1. The van der Waals surface area contributed by atoms with Gasteiger partial charge >= 0.3 is 0 Å². The molecule has 0 atom stereocenters. The first-order chi connectivity index (χ1) is 7.77. The lowest BCUT2D eigenvalue weighted by Gasteiger charge is -2.03. The average molecular weight is 232 g/mol. The standard InChI is InChI=1S/C11H8N2O2S/c12-11-8(5-13-15-11)6-1-2-9-7(10(6)14)3-4-16-9/h1-5,14H,12H2. The van der Waals surface area contributed by atoms with E-state index in [2.05, 4.69) is 5.16 Å². The van der Waals surface area contributed by atoms with E-state index in [0.717, 1.165) is 10.1 Å². The summed E-state index contributed by atoms with van der Waals surface area (Å²) >= 11 is 1.58. The number of hydrogen-bond acceptors (Lipinski definition) is 5. The molecule has 3 N–H and O–H groups in total. The van der Waals surface area contributed by atoms with Gasteiger partial charge in [-0.3, -0.25) is 0 Å². The maximum absolute atomic E-state index is 10.1. The summed E-state index contributed by atoms with van der Waals surface area (Å²) in [6.45, 7) is 0. The van der Waals surface area contributed by atoms with Crippen molar-refractivity contribution in [2.45, 2.75) is 0 Å². The fraction of sp³-hybridized carbons (Fsp3) is 0. The summed E-state index contributed by atoms with van der Waals surface area (Å²) in [7, 11) is 0. The summed E-state index contributed by atoms with van der Waals surface area (Å²) in [5.41, 5.74) is 6.88. The first-order valence-corrected chi connectivity index (χ1v) is 5.55. The maximum atomic E-state index is 10.1. The third-order valence-corrected chi connectivity index (χ3v) is 3.38. The molecule has 2 heterocycles. The van der Waals surface area contributed by atoms with E-state index >= 15 is 0 Å². The van der Waals surface area contributed by atoms with E-state index in [1.54, 1.807) is 11.3 Å². The van der Waals surface area contributed by atoms with Gasteiger partial charge < -0.3 is 15.4 Å². The lowest BCUT2D eigenvalue weighted by molar-refractivity contribution is 0.436. The third-order valence-electron chi connectivity index (χ3n) is 2.50. The number of rotatable bonds is 1. The van der Waals surface area contributed by atoms with Crippen LogP contribution in [-0.4, -0.2) is 10.3 Å². The summed E-state index contributed by atoms with van der Waals surface area (Å²) in [6, 6.07) is 5.64. The molecule has 0 fully saturated rings. The maximum Gasteiger partial charge on any atom is 0.230 e. The summed E-state index contributed by atoms with van der Waals surface area (Å²) in [5.74, 6) is 0.429. The van der Waals surface area contributed by atoms with Gasteiger partial charge in [-0.2, -0.15) is 0 Å². The Morgan fingerprint density at radius 1 is 1.25 bits per heavy atom. The van der Waals surface area contributed by atoms with Gasteiger partial charge in [-0.15, -0.1) is 11.3 Å². The van der Waals surface area contributed by atoms with Crippen LogP contribution in [0.15, 0.2) is 34.3 Å². The third kappa shape index (κ3) is 1.18. The van der Waals surface area contributed by atoms with Gasteiger partial charge in [0.2, 0.25) is 5.88 Å². The van der Waals surface area contributed by atoms with E-state index in [-0.39, 0.29) is 11.6 Å². The monoisotopic (exact) mass is 232 g/mol. The van der Waals surface area contributed by atoms with Crippen LogP contribution in [0.25, 0.3) is 21.2 Å². The van der Waals surface area contributed by atoms with Gasteiger partial charge in [-0.1, -0.05) is 5.16 Å². The van der Waals surface area contributed by atoms with Crippen molar-refractivity contribution in [2.75, 3.05) is 5.73 Å². The number of hydrogen-bond donors (Lipinski definition) is 2. The Labute approximate surface area is 94.9 Å². The number of aromatic nitrogens is 1. The zero-order valence-electron chi connectivity index (χ0n) is 8.18. The number of nitrogens with zero attached hydrogens (tertiary/aromatic N) is 1. The van der Waals surface area contributed by atoms with Crippen LogP contribution >= 0.6 is 11.3 Å². The topological polar surface area (TPSA) is 72.3 Å². The molecular weight excluding hydrogens is 224 g/mol. The smallest absolute Gasteiger partial charge is 0.230 e. The molecule has 0 spiro atoms. The Kier molecular flexibility index (Phi) is 1.87. The SMILES string of the molecule is Nc1oncc1-c1ccc2sccc2c1O. The minimum atomic E-state index is 0.213. The van der Waals surface area contributed by atoms with Crippen LogP contribution in [0.2, 0.25) is 0 Å². The van der Waals surface area contributed by atoms with Crippen molar-refractivity contribution in [3.63, 3.8) is 0 Å². The molecule has 0 saturated heterocycles. The Morgan fingerprint density at radius 2 is 2.12 bits per heavy atom. The van der Waals surface area contributed by atoms with Crippen LogP contribution in [0.5, 0.6) is 5.75 Å². The highest BCUT2D eigenvalue weighted by molar-refractivity contribution is 7.17. The largest absolute Gasteiger partial charge is 0.507 e. The van der Waals surface area contributed by atoms with Gasteiger partial charge in [0.25, 0.3) is 0 Å². The molecule has 0 amide bonds. The van der Waals surface area contributed by atoms with Gasteiger partial charge in [0.1, 0.15) is 5.75 Å². The first-order valence-electron chi connectivity index (χ1n) is 4.67. The molecule has 0 unspecified atom stereocenters. The summed E-state index contributed by atoms with van der Waals surface area (Å²) in [5, 5.41) is 16.5. The number of benzene rings is 1. The molecule has 80 valence electrons. The highest BCUT2D eigenvalue weighted by Gasteiger charge is 2.14. The second kappa shape index (κ2) is 3.24. The van der Waals surface area contributed by atoms with Crippen LogP contribution in [0.4, 0.5) is 5.88 Å². The fourth-order valence-electron chi connectivity index (χ4n) is 1.70. The molecule has 5 heteroatoms. The van der Waals surface area contributed by atoms with Crippen LogP contribution in [0.1, 0.15) is 0 Å². The Hall–Kier alpha value is -2.01. The molecule has 0 radical (unpaired) electrons. The minimum absolute atomic E-state index is 0.213. The number of anilines is 1. The van der Waals surface area contributed by atoms with Crippen molar-refractivity contribution < 1.29 is 9.63 Å². The van der Waals surface area contributed by atoms with Crippen molar-refractivity contribution in [1.29, 1.82) is 0 Å². The van der Waals surface area contributed by atoms with Crippen molar-refractivity contribution in [3.05, 3.63) is 29.8 Å². The predicted molar refractivity (Wildman–Crippen MR) is 63.4 cm³/mol. The summed E-state index contributed by atoms with van der Waals surface area (Å²) in [6.07, 6.45) is 1.50. The van der Waals surface area contributed by atoms with Crippen molar-refractivity contribution in [3.8, 4) is 16.9 Å². The number of thiophene rings is 1. The zero-order valence-corrected chi connectivity index (χ0v) is 8.99. The molecule has 4 nitrogen and oxygen atoms in total. The molecule has 0 bridgehead atoms. The number of nitrogens with two attached hydrogens (primary N) is 1. The second-order valence-corrected chi connectivity index (χ2v) is 4.35. The second-order valence-electron chi connectivity index (χ2n) is 3.40. The van der Waals surface area contributed by atoms with Gasteiger partial charge in [-0.25, -0.2) is 0 Å². The van der Waals surface area contributed by atoms with E-state index in [4.69, 9.17) is 10.3 Å². The Balaban J connectivity index is 2.32. The normalized spacial score (nSPS) is 11.0. The quantitative estimate of drug-likeness (QED) is 0.676. The van der Waals surface area contributed by atoms with Crippen molar-refractivity contribution in [1.82, 2.24) is 5.16 Å². The molecule has 1 aromatic carbocycles. The minimum Gasteiger partial charge on any atom is -0.507 e. The average Bonchev–Trinajstić information content (AvgIpc) is 2.88. The number of phenolic OH excluding ortho intramolecular Hbond substituents is 1. The van der Waals surface area contributed by atoms with E-state index in [1.807, 2.05) is 23.6 Å². The molecule has 0 aliphatic carbocycles. The van der Waals surface area contributed by atoms with E-state index in [1.165, 1.54) is 6.20 Å². The molecule has 0 saturated carbocycles. The van der Waals surface area contributed by atoms with Gasteiger partial charge in [0.15, 0.2) is 0 Å². The van der Waals surface area contributed by atoms with Gasteiger partial charge in [0.05, 0.1) is 11.8 Å². The number of aromatic hydroxyl groups is 1. The molecule has 3 rings (SSSR count). The molecule has 0 aliphatic rings. The molecule has 0 aliphatic heterocycles. The van der Waals surface area contributed by atoms with E-state index < -0.39 is 0 Å². The Bertz CT molecular complexity index is 657. The summed E-state index contributed by atoms with van der Waals surface area (Å²) < 4.78 is 5.82. The molecular formula is C11H8N2O2S. The van der Waals surface area contributed by atoms with Gasteiger partial charge in [0, 0.05) is 15.6 Å². The van der Waals surface area contributed by atoms with Crippen molar-refractivity contribution in [2.24, 2.45) is 0 Å². The lowest BCUT2D eigenvalue weighted by atomic mass is 10.1. The summed E-state index contributed by atoms with van der Waals surface area (Å²) in [4.78, 5) is 0. The number of nitrogen functional groups attached to an aromatic ring is 1. The van der Waals surface area contributed by atoms with Crippen LogP contribution < -0.4 is 5.73 Å². The molecule has 2 aromatic heterocycles. The Morgan fingerprint density at radius 3 is 2.88 bits per heavy atom. The fourth-order valence-corrected chi connectivity index (χ4v) is 2.49. The van der Waals surface area contributed by atoms with Crippen LogP contribution in [-0.2, 0) is 0 Å². The first kappa shape index (κ1) is 9.23. The predicted octanol–water partition coefficient (Wildman–Crippen LogP) is 2.84. The highest BCUT2D eigenvalue weighted by Crippen LogP contribution is 2.39. The number of fused-ring (bicyclic) bond motifs is 1. The number of phenols is 1. The zero-order chi connectivity index (χ0) is 11.1. The van der Waals surface area contributed by atoms with E-state index in [9.17, 15) is 5.11 Å². The van der Waals surface area contributed by atoms with Gasteiger partial charge in [-0.05, 0) is 23.6 Å². The lowest BCUT2D eigenvalue weighted by Crippen LogP contribution is -1.85. The molecule has 16 heavy (non-hydrogen) atoms. The van der Waals surface area contributed by atoms with Crippen LogP contribution in [0, 0.1) is 0 Å². The van der Waals surface area contributed by atoms with Crippen molar-refractivity contribution >= 4 is 27.3 Å². The van der Waals surface area contributed by atoms with Crippen LogP contribution in [0.3, 0.4) is 0 Å².